The van der Waals surface area contributed by atoms with Crippen LogP contribution in [0.1, 0.15) is 11.6 Å². The van der Waals surface area contributed by atoms with E-state index < -0.39 is 23.2 Å². The molecule has 0 saturated heterocycles. The minimum atomic E-state index is -1.04. The highest BCUT2D eigenvalue weighted by Gasteiger charge is 2.23. The second-order valence-electron chi connectivity index (χ2n) is 5.26. The van der Waals surface area contributed by atoms with E-state index in [4.69, 9.17) is 5.73 Å². The summed E-state index contributed by atoms with van der Waals surface area (Å²) in [5, 5.41) is 0.339. The molecule has 0 aliphatic carbocycles. The molecular weight excluding hydrogens is 294 g/mol. The van der Waals surface area contributed by atoms with E-state index in [-0.39, 0.29) is 6.42 Å². The van der Waals surface area contributed by atoms with Gasteiger partial charge in [-0.2, -0.15) is 0 Å². The average Bonchev–Trinajstić information content (AvgIpc) is 2.54. The Morgan fingerprint density at radius 3 is 2.39 bits per heavy atom. The first-order valence-electron chi connectivity index (χ1n) is 7.14. The SMILES string of the molecule is NC(=O)[C@H](Cc1ccccc1)n1c(=O)[nH]c2ccccc2c1=O. The molecule has 0 bridgehead atoms. The van der Waals surface area contributed by atoms with Gasteiger partial charge in [0.05, 0.1) is 10.9 Å². The number of carbonyl (C=O) groups excluding carboxylic acids is 1. The molecule has 6 heteroatoms. The highest BCUT2D eigenvalue weighted by Crippen LogP contribution is 2.12. The number of nitrogens with zero attached hydrogens (tertiary/aromatic N) is 1. The normalized spacial score (nSPS) is 12.2. The number of aromatic nitrogens is 2. The number of rotatable bonds is 4. The zero-order valence-electron chi connectivity index (χ0n) is 12.2. The van der Waals surface area contributed by atoms with Crippen molar-refractivity contribution in [3.63, 3.8) is 0 Å². The predicted molar refractivity (Wildman–Crippen MR) is 87.2 cm³/mol. The Hall–Kier alpha value is -3.15. The number of para-hydroxylation sites is 1. The molecule has 1 aromatic heterocycles. The Bertz CT molecular complexity index is 974. The molecule has 1 atom stereocenters. The van der Waals surface area contributed by atoms with E-state index in [0.29, 0.717) is 10.9 Å². The van der Waals surface area contributed by atoms with E-state index in [1.165, 1.54) is 0 Å². The average molecular weight is 309 g/mol. The van der Waals surface area contributed by atoms with Crippen LogP contribution in [-0.2, 0) is 11.2 Å². The summed E-state index contributed by atoms with van der Waals surface area (Å²) in [6.45, 7) is 0. The minimum Gasteiger partial charge on any atom is -0.368 e. The highest BCUT2D eigenvalue weighted by molar-refractivity contribution is 5.80. The third kappa shape index (κ3) is 2.78. The second-order valence-corrected chi connectivity index (χ2v) is 5.26. The lowest BCUT2D eigenvalue weighted by atomic mass is 10.1. The molecule has 0 aliphatic heterocycles. The lowest BCUT2D eigenvalue weighted by Gasteiger charge is -2.16. The summed E-state index contributed by atoms with van der Waals surface area (Å²) >= 11 is 0. The van der Waals surface area contributed by atoms with Gasteiger partial charge in [0, 0.05) is 6.42 Å². The topological polar surface area (TPSA) is 97.9 Å². The summed E-state index contributed by atoms with van der Waals surface area (Å²) < 4.78 is 0.900. The molecule has 3 N–H and O–H groups in total. The van der Waals surface area contributed by atoms with Crippen LogP contribution in [0.15, 0.2) is 64.2 Å². The summed E-state index contributed by atoms with van der Waals surface area (Å²) in [6, 6.07) is 14.7. The van der Waals surface area contributed by atoms with E-state index in [9.17, 15) is 14.4 Å². The molecule has 0 saturated carbocycles. The van der Waals surface area contributed by atoms with E-state index in [1.807, 2.05) is 30.3 Å². The molecule has 0 aliphatic rings. The number of H-pyrrole nitrogens is 1. The van der Waals surface area contributed by atoms with Crippen LogP contribution in [0.2, 0.25) is 0 Å². The van der Waals surface area contributed by atoms with E-state index in [2.05, 4.69) is 4.98 Å². The Labute approximate surface area is 131 Å². The van der Waals surface area contributed by atoms with Crippen LogP contribution < -0.4 is 17.0 Å². The molecule has 3 aromatic rings. The van der Waals surface area contributed by atoms with Crippen LogP contribution in [0.5, 0.6) is 0 Å². The molecule has 0 fully saturated rings. The lowest BCUT2D eigenvalue weighted by molar-refractivity contribution is -0.121. The smallest absolute Gasteiger partial charge is 0.329 e. The van der Waals surface area contributed by atoms with Gasteiger partial charge in [0.15, 0.2) is 0 Å². The molecule has 3 rings (SSSR count). The number of benzene rings is 2. The van der Waals surface area contributed by atoms with Crippen LogP contribution in [0.3, 0.4) is 0 Å². The molecule has 6 nitrogen and oxygen atoms in total. The van der Waals surface area contributed by atoms with Gasteiger partial charge in [0.1, 0.15) is 6.04 Å². The zero-order valence-corrected chi connectivity index (χ0v) is 12.2. The lowest BCUT2D eigenvalue weighted by Crippen LogP contribution is -2.43. The molecule has 23 heavy (non-hydrogen) atoms. The summed E-state index contributed by atoms with van der Waals surface area (Å²) in [4.78, 5) is 39.4. The number of aromatic amines is 1. The Morgan fingerprint density at radius 2 is 1.70 bits per heavy atom. The quantitative estimate of drug-likeness (QED) is 0.751. The van der Waals surface area contributed by atoms with E-state index >= 15 is 0 Å². The Morgan fingerprint density at radius 1 is 1.04 bits per heavy atom. The van der Waals surface area contributed by atoms with E-state index in [0.717, 1.165) is 10.1 Å². The molecule has 0 radical (unpaired) electrons. The van der Waals surface area contributed by atoms with Gasteiger partial charge in [0.2, 0.25) is 5.91 Å². The molecule has 1 heterocycles. The highest BCUT2D eigenvalue weighted by atomic mass is 16.2. The third-order valence-corrected chi connectivity index (χ3v) is 3.75. The minimum absolute atomic E-state index is 0.178. The predicted octanol–water partition coefficient (Wildman–Crippen LogP) is 0.959. The number of primary amides is 1. The van der Waals surface area contributed by atoms with Crippen molar-refractivity contribution in [3.05, 3.63) is 81.0 Å². The number of carbonyl (C=O) groups is 1. The molecule has 1 amide bonds. The summed E-state index contributed by atoms with van der Waals surface area (Å²) in [5.41, 5.74) is 5.53. The van der Waals surface area contributed by atoms with Crippen molar-refractivity contribution in [2.75, 3.05) is 0 Å². The van der Waals surface area contributed by atoms with E-state index in [1.54, 1.807) is 24.3 Å². The van der Waals surface area contributed by atoms with Crippen LogP contribution in [0.4, 0.5) is 0 Å². The molecule has 2 aromatic carbocycles. The molecular formula is C17H15N3O3. The number of hydrogen-bond donors (Lipinski definition) is 2. The van der Waals surface area contributed by atoms with Crippen molar-refractivity contribution in [3.8, 4) is 0 Å². The first-order chi connectivity index (χ1) is 11.1. The van der Waals surface area contributed by atoms with Crippen LogP contribution >= 0.6 is 0 Å². The summed E-state index contributed by atoms with van der Waals surface area (Å²) in [7, 11) is 0. The van der Waals surface area contributed by atoms with Gasteiger partial charge in [-0.15, -0.1) is 0 Å². The Balaban J connectivity index is 2.17. The maximum absolute atomic E-state index is 12.6. The largest absolute Gasteiger partial charge is 0.368 e. The molecule has 116 valence electrons. The molecule has 0 unspecified atom stereocenters. The van der Waals surface area contributed by atoms with Gasteiger partial charge in [0.25, 0.3) is 5.56 Å². The van der Waals surface area contributed by atoms with Crippen molar-refractivity contribution in [1.29, 1.82) is 0 Å². The monoisotopic (exact) mass is 309 g/mol. The fourth-order valence-electron chi connectivity index (χ4n) is 2.62. The second kappa shape index (κ2) is 5.92. The number of fused-ring (bicyclic) bond motifs is 1. The van der Waals surface area contributed by atoms with Crippen molar-refractivity contribution >= 4 is 16.8 Å². The fourth-order valence-corrected chi connectivity index (χ4v) is 2.62. The van der Waals surface area contributed by atoms with Crippen molar-refractivity contribution in [2.45, 2.75) is 12.5 Å². The number of nitrogens with two attached hydrogens (primary N) is 1. The summed E-state index contributed by atoms with van der Waals surface area (Å²) in [6.07, 6.45) is 0.178. The first kappa shape index (κ1) is 14.8. The van der Waals surface area contributed by atoms with Gasteiger partial charge in [-0.1, -0.05) is 42.5 Å². The first-order valence-corrected chi connectivity index (χ1v) is 7.14. The number of nitrogens with one attached hydrogen (secondary N) is 1. The van der Waals surface area contributed by atoms with Crippen molar-refractivity contribution < 1.29 is 4.79 Å². The van der Waals surface area contributed by atoms with Gasteiger partial charge in [-0.05, 0) is 17.7 Å². The van der Waals surface area contributed by atoms with Gasteiger partial charge in [-0.25, -0.2) is 9.36 Å². The zero-order chi connectivity index (χ0) is 16.4. The van der Waals surface area contributed by atoms with Gasteiger partial charge < -0.3 is 10.7 Å². The van der Waals surface area contributed by atoms with Crippen molar-refractivity contribution in [2.24, 2.45) is 5.73 Å². The van der Waals surface area contributed by atoms with Crippen LogP contribution in [0, 0.1) is 0 Å². The maximum Gasteiger partial charge on any atom is 0.329 e. The van der Waals surface area contributed by atoms with Crippen LogP contribution in [0.25, 0.3) is 10.9 Å². The van der Waals surface area contributed by atoms with Gasteiger partial charge >= 0.3 is 5.69 Å². The standard InChI is InChI=1S/C17H15N3O3/c18-15(21)14(10-11-6-2-1-3-7-11)20-16(22)12-8-4-5-9-13(12)19-17(20)23/h1-9,14H,10H2,(H2,18,21)(H,19,23)/t14-/m0/s1. The number of hydrogen-bond acceptors (Lipinski definition) is 3. The van der Waals surface area contributed by atoms with Crippen LogP contribution in [-0.4, -0.2) is 15.5 Å². The fraction of sp³-hybridized carbons (Fsp3) is 0.118. The maximum atomic E-state index is 12.6. The summed E-state index contributed by atoms with van der Waals surface area (Å²) in [5.74, 6) is -0.725. The van der Waals surface area contributed by atoms with Gasteiger partial charge in [-0.3, -0.25) is 9.59 Å². The molecule has 0 spiro atoms. The Kier molecular flexibility index (Phi) is 3.80. The number of amides is 1. The van der Waals surface area contributed by atoms with Crippen molar-refractivity contribution in [1.82, 2.24) is 9.55 Å². The third-order valence-electron chi connectivity index (χ3n) is 3.75.